The number of benzene rings is 2. The van der Waals surface area contributed by atoms with Crippen LogP contribution in [-0.2, 0) is 11.3 Å². The molecule has 11 heteroatoms. The number of likely N-dealkylation sites (tertiary alicyclic amines) is 1. The molecule has 0 saturated carbocycles. The molecule has 0 radical (unpaired) electrons. The molecule has 222 valence electrons. The van der Waals surface area contributed by atoms with Crippen LogP contribution in [0.3, 0.4) is 0 Å². The molecule has 1 fully saturated rings. The Morgan fingerprint density at radius 3 is 2.65 bits per heavy atom. The van der Waals surface area contributed by atoms with Crippen LogP contribution in [0.25, 0.3) is 22.2 Å². The zero-order chi connectivity index (χ0) is 30.9. The third kappa shape index (κ3) is 5.92. The van der Waals surface area contributed by atoms with Crippen molar-refractivity contribution >= 4 is 22.8 Å². The number of carbonyl (C=O) groups is 1. The average molecular weight is 586 g/mol. The second-order valence-corrected chi connectivity index (χ2v) is 11.3. The van der Waals surface area contributed by atoms with Crippen molar-refractivity contribution in [2.24, 2.45) is 0 Å². The number of amides is 1. The minimum Gasteiger partial charge on any atom is -0.454 e. The molecule has 0 aliphatic carbocycles. The number of ether oxygens (including phenoxy) is 1. The summed E-state index contributed by atoms with van der Waals surface area (Å²) in [7, 11) is 3.81. The Bertz CT molecular complexity index is 1740. The largest absolute Gasteiger partial charge is 0.454 e. The van der Waals surface area contributed by atoms with Crippen LogP contribution < -0.4 is 10.5 Å². The highest BCUT2D eigenvalue weighted by molar-refractivity contribution is 6.01. The Morgan fingerprint density at radius 2 is 1.95 bits per heavy atom. The molecule has 2 N–H and O–H groups in total. The van der Waals surface area contributed by atoms with E-state index in [-0.39, 0.29) is 23.3 Å². The number of anilines is 1. The number of rotatable bonds is 8. The highest BCUT2D eigenvalue weighted by atomic mass is 19.2. The number of halogens is 2. The molecule has 1 aliphatic heterocycles. The molecular weight excluding hydrogens is 552 g/mol. The zero-order valence-electron chi connectivity index (χ0n) is 24.5. The summed E-state index contributed by atoms with van der Waals surface area (Å²) >= 11 is 0. The number of nitrogens with two attached hydrogens (primary N) is 1. The van der Waals surface area contributed by atoms with Gasteiger partial charge in [0.05, 0.1) is 11.4 Å². The molecule has 4 aromatic rings. The van der Waals surface area contributed by atoms with Gasteiger partial charge in [-0.3, -0.25) is 4.79 Å². The number of likely N-dealkylation sites (N-methyl/N-ethyl adjacent to an activating group) is 1. The summed E-state index contributed by atoms with van der Waals surface area (Å²) in [4.78, 5) is 26.0. The molecule has 0 unspecified atom stereocenters. The Balaban J connectivity index is 1.43. The van der Waals surface area contributed by atoms with E-state index in [0.29, 0.717) is 35.7 Å². The summed E-state index contributed by atoms with van der Waals surface area (Å²) in [6.45, 7) is 4.92. The summed E-state index contributed by atoms with van der Waals surface area (Å²) in [6.07, 6.45) is 6.65. The van der Waals surface area contributed by atoms with Crippen molar-refractivity contribution in [3.05, 3.63) is 78.3 Å². The van der Waals surface area contributed by atoms with E-state index in [2.05, 4.69) is 16.0 Å². The molecule has 2 aromatic carbocycles. The molecule has 1 saturated heterocycles. The third-order valence-electron chi connectivity index (χ3n) is 8.04. The molecule has 9 nitrogen and oxygen atoms in total. The number of nitrogen functional groups attached to an aromatic ring is 1. The first-order valence-electron chi connectivity index (χ1n) is 13.9. The van der Waals surface area contributed by atoms with Gasteiger partial charge < -0.3 is 24.8 Å². The number of aromatic nitrogens is 3. The lowest BCUT2D eigenvalue weighted by Gasteiger charge is -2.30. The van der Waals surface area contributed by atoms with E-state index in [9.17, 15) is 18.8 Å². The van der Waals surface area contributed by atoms with E-state index >= 15 is 0 Å². The van der Waals surface area contributed by atoms with E-state index in [1.165, 1.54) is 18.5 Å². The van der Waals surface area contributed by atoms with Crippen molar-refractivity contribution in [1.29, 1.82) is 5.26 Å². The summed E-state index contributed by atoms with van der Waals surface area (Å²) in [6, 6.07) is 12.6. The van der Waals surface area contributed by atoms with E-state index in [1.807, 2.05) is 43.6 Å². The Morgan fingerprint density at radius 1 is 1.21 bits per heavy atom. The van der Waals surface area contributed by atoms with Crippen molar-refractivity contribution in [3.8, 4) is 28.7 Å². The van der Waals surface area contributed by atoms with Crippen LogP contribution in [0.4, 0.5) is 14.6 Å². The SMILES string of the molecule is CN(C)C(C)(C)/C=C(\C#N)C(=O)N1CCC[C@H]1Cn1cc(-c2ccc(Oc3cccc(F)c3F)cc2)c2c(N)ncnc21. The topological polar surface area (TPSA) is 113 Å². The maximum absolute atomic E-state index is 14.1. The summed E-state index contributed by atoms with van der Waals surface area (Å²) in [5.41, 5.74) is 8.15. The van der Waals surface area contributed by atoms with Crippen LogP contribution in [0.5, 0.6) is 11.5 Å². The second-order valence-electron chi connectivity index (χ2n) is 11.3. The van der Waals surface area contributed by atoms with Crippen LogP contribution in [0.1, 0.15) is 26.7 Å². The minimum absolute atomic E-state index is 0.121. The van der Waals surface area contributed by atoms with Gasteiger partial charge in [0.2, 0.25) is 5.82 Å². The van der Waals surface area contributed by atoms with E-state index in [1.54, 1.807) is 35.2 Å². The van der Waals surface area contributed by atoms with Crippen molar-refractivity contribution in [3.63, 3.8) is 0 Å². The van der Waals surface area contributed by atoms with Gasteiger partial charge in [0.25, 0.3) is 5.91 Å². The maximum atomic E-state index is 14.1. The van der Waals surface area contributed by atoms with Gasteiger partial charge in [-0.2, -0.15) is 9.65 Å². The second kappa shape index (κ2) is 11.8. The van der Waals surface area contributed by atoms with E-state index in [0.717, 1.165) is 30.0 Å². The molecule has 2 aromatic heterocycles. The van der Waals surface area contributed by atoms with Gasteiger partial charge in [-0.05, 0) is 76.7 Å². The summed E-state index contributed by atoms with van der Waals surface area (Å²) in [5, 5.41) is 10.5. The van der Waals surface area contributed by atoms with Gasteiger partial charge in [-0.15, -0.1) is 0 Å². The van der Waals surface area contributed by atoms with Gasteiger partial charge >= 0.3 is 0 Å². The molecule has 1 atom stereocenters. The number of nitrogens with zero attached hydrogens (tertiary/aromatic N) is 6. The van der Waals surface area contributed by atoms with E-state index in [4.69, 9.17) is 10.5 Å². The Kier molecular flexibility index (Phi) is 8.15. The highest BCUT2D eigenvalue weighted by Crippen LogP contribution is 2.35. The first kappa shape index (κ1) is 29.7. The normalized spacial score (nSPS) is 15.7. The quantitative estimate of drug-likeness (QED) is 0.214. The fourth-order valence-corrected chi connectivity index (χ4v) is 5.20. The molecule has 3 heterocycles. The van der Waals surface area contributed by atoms with Gasteiger partial charge in [0.1, 0.15) is 35.2 Å². The lowest BCUT2D eigenvalue weighted by Crippen LogP contribution is -2.41. The van der Waals surface area contributed by atoms with Crippen LogP contribution in [0.15, 0.2) is 66.6 Å². The molecule has 0 bridgehead atoms. The smallest absolute Gasteiger partial charge is 0.264 e. The number of carbonyl (C=O) groups excluding carboxylic acids is 1. The zero-order valence-corrected chi connectivity index (χ0v) is 24.5. The Labute approximate surface area is 248 Å². The van der Waals surface area contributed by atoms with Gasteiger partial charge in [0.15, 0.2) is 11.6 Å². The van der Waals surface area contributed by atoms with Crippen LogP contribution in [0.2, 0.25) is 0 Å². The number of hydrogen-bond donors (Lipinski definition) is 1. The highest BCUT2D eigenvalue weighted by Gasteiger charge is 2.33. The van der Waals surface area contributed by atoms with Gasteiger partial charge in [0, 0.05) is 30.4 Å². The van der Waals surface area contributed by atoms with Crippen molar-refractivity contribution in [2.45, 2.75) is 44.8 Å². The first-order chi connectivity index (χ1) is 20.5. The third-order valence-corrected chi connectivity index (χ3v) is 8.04. The van der Waals surface area contributed by atoms with E-state index < -0.39 is 17.2 Å². The predicted octanol–water partition coefficient (Wildman–Crippen LogP) is 5.53. The predicted molar refractivity (Wildman–Crippen MR) is 160 cm³/mol. The van der Waals surface area contributed by atoms with Crippen molar-refractivity contribution < 1.29 is 18.3 Å². The monoisotopic (exact) mass is 585 g/mol. The molecule has 1 aliphatic rings. The minimum atomic E-state index is -1.06. The van der Waals surface area contributed by atoms with Gasteiger partial charge in [-0.25, -0.2) is 14.4 Å². The molecule has 0 spiro atoms. The Hall–Kier alpha value is -4.82. The lowest BCUT2D eigenvalue weighted by atomic mass is 9.99. The average Bonchev–Trinajstić information content (AvgIpc) is 3.60. The number of fused-ring (bicyclic) bond motifs is 1. The van der Waals surface area contributed by atoms with Gasteiger partial charge in [-0.1, -0.05) is 18.2 Å². The lowest BCUT2D eigenvalue weighted by molar-refractivity contribution is -0.127. The fraction of sp³-hybridized carbons (Fsp3) is 0.312. The van der Waals surface area contributed by atoms with Crippen molar-refractivity contribution in [2.75, 3.05) is 26.4 Å². The molecule has 5 rings (SSSR count). The number of hydrogen-bond acceptors (Lipinski definition) is 7. The van der Waals surface area contributed by atoms with Crippen molar-refractivity contribution in [1.82, 2.24) is 24.3 Å². The number of nitriles is 1. The standard InChI is InChI=1S/C32H33F2N7O2/c1-32(2,39(3)4)15-21(16-35)31(42)41-14-6-7-22(41)17-40-18-24(27-29(36)37-19-38-30(27)40)20-10-12-23(13-11-20)43-26-9-5-8-25(33)28(26)34/h5,8-13,15,18-19,22H,6-7,14,17H2,1-4H3,(H2,36,37,38)/b21-15+/t22-/m0/s1. The molecular formula is C32H33F2N7O2. The summed E-state index contributed by atoms with van der Waals surface area (Å²) in [5.74, 6) is -1.90. The van der Waals surface area contributed by atoms with Crippen LogP contribution >= 0.6 is 0 Å². The first-order valence-corrected chi connectivity index (χ1v) is 13.9. The molecule has 1 amide bonds. The molecule has 43 heavy (non-hydrogen) atoms. The van der Waals surface area contributed by atoms with Crippen LogP contribution in [-0.4, -0.2) is 62.5 Å². The summed E-state index contributed by atoms with van der Waals surface area (Å²) < 4.78 is 35.2. The maximum Gasteiger partial charge on any atom is 0.264 e. The van der Waals surface area contributed by atoms with Crippen LogP contribution in [0, 0.1) is 23.0 Å². The fourth-order valence-electron chi connectivity index (χ4n) is 5.20.